The minimum absolute atomic E-state index is 0.00441. The molecule has 0 fully saturated rings. The maximum Gasteiger partial charge on any atom is 0.223 e. The Bertz CT molecular complexity index is 363. The molecule has 100 valence electrons. The molecular formula is C13H21N3O2. The minimum Gasteiger partial charge on any atom is -0.491 e. The molecule has 0 atom stereocenters. The smallest absolute Gasteiger partial charge is 0.223 e. The molecule has 5 nitrogen and oxygen atoms in total. The number of amides is 1. The monoisotopic (exact) mass is 251 g/mol. The first-order valence-corrected chi connectivity index (χ1v) is 6.13. The molecule has 1 amide bonds. The Morgan fingerprint density at radius 3 is 2.78 bits per heavy atom. The third-order valence-corrected chi connectivity index (χ3v) is 2.20. The molecule has 2 N–H and O–H groups in total. The Balaban J connectivity index is 2.28. The van der Waals surface area contributed by atoms with Crippen LogP contribution in [0.4, 0.5) is 0 Å². The second-order valence-electron chi connectivity index (χ2n) is 4.34. The van der Waals surface area contributed by atoms with Gasteiger partial charge in [0.1, 0.15) is 5.75 Å². The highest BCUT2D eigenvalue weighted by Crippen LogP contribution is 2.09. The Morgan fingerprint density at radius 1 is 1.44 bits per heavy atom. The number of carbonyl (C=O) groups is 1. The number of ether oxygens (including phenoxy) is 1. The van der Waals surface area contributed by atoms with E-state index in [1.807, 2.05) is 33.0 Å². The van der Waals surface area contributed by atoms with E-state index in [4.69, 9.17) is 4.74 Å². The highest BCUT2D eigenvalue weighted by molar-refractivity contribution is 5.76. The maximum absolute atomic E-state index is 11.4. The highest BCUT2D eigenvalue weighted by Gasteiger charge is 2.03. The second kappa shape index (κ2) is 7.66. The molecule has 1 aromatic rings. The molecule has 0 saturated carbocycles. The lowest BCUT2D eigenvalue weighted by Crippen LogP contribution is -2.31. The predicted molar refractivity (Wildman–Crippen MR) is 70.4 cm³/mol. The summed E-state index contributed by atoms with van der Waals surface area (Å²) < 4.78 is 5.45. The van der Waals surface area contributed by atoms with Crippen molar-refractivity contribution in [2.45, 2.75) is 32.9 Å². The van der Waals surface area contributed by atoms with Crippen LogP contribution in [-0.4, -0.2) is 30.6 Å². The molecule has 0 spiro atoms. The van der Waals surface area contributed by atoms with Gasteiger partial charge in [-0.05, 0) is 33.0 Å². The number of aromatic nitrogens is 1. The molecule has 0 aliphatic rings. The molecule has 1 aromatic heterocycles. The van der Waals surface area contributed by atoms with E-state index in [-0.39, 0.29) is 11.9 Å². The summed E-state index contributed by atoms with van der Waals surface area (Å²) in [5.41, 5.74) is 0.961. The van der Waals surface area contributed by atoms with Gasteiger partial charge in [0.05, 0.1) is 24.9 Å². The van der Waals surface area contributed by atoms with Crippen molar-refractivity contribution in [2.75, 3.05) is 13.7 Å². The molecule has 0 aromatic carbocycles. The number of hydrogen-bond acceptors (Lipinski definition) is 4. The van der Waals surface area contributed by atoms with Gasteiger partial charge in [-0.2, -0.15) is 0 Å². The average molecular weight is 251 g/mol. The molecule has 0 aliphatic heterocycles. The zero-order valence-electron chi connectivity index (χ0n) is 11.2. The third kappa shape index (κ3) is 5.63. The Labute approximate surface area is 108 Å². The lowest BCUT2D eigenvalue weighted by molar-refractivity contribution is -0.122. The van der Waals surface area contributed by atoms with Gasteiger partial charge in [-0.25, -0.2) is 0 Å². The average Bonchev–Trinajstić information content (AvgIpc) is 2.31. The van der Waals surface area contributed by atoms with Crippen molar-refractivity contribution >= 4 is 5.91 Å². The zero-order valence-corrected chi connectivity index (χ0v) is 11.2. The highest BCUT2D eigenvalue weighted by atomic mass is 16.5. The fourth-order valence-corrected chi connectivity index (χ4v) is 1.44. The first-order valence-electron chi connectivity index (χ1n) is 6.13. The molecule has 1 heterocycles. The van der Waals surface area contributed by atoms with E-state index in [2.05, 4.69) is 15.6 Å². The van der Waals surface area contributed by atoms with Crippen LogP contribution in [0.3, 0.4) is 0 Å². The fourth-order valence-electron chi connectivity index (χ4n) is 1.44. The van der Waals surface area contributed by atoms with Crippen molar-refractivity contribution < 1.29 is 9.53 Å². The summed E-state index contributed by atoms with van der Waals surface area (Å²) in [6.07, 6.45) is 2.03. The van der Waals surface area contributed by atoms with Crippen LogP contribution in [0.25, 0.3) is 0 Å². The van der Waals surface area contributed by atoms with Crippen molar-refractivity contribution in [3.63, 3.8) is 0 Å². The molecule has 1 rings (SSSR count). The quantitative estimate of drug-likeness (QED) is 0.761. The van der Waals surface area contributed by atoms with E-state index in [1.54, 1.807) is 6.20 Å². The van der Waals surface area contributed by atoms with Gasteiger partial charge in [-0.3, -0.25) is 9.78 Å². The second-order valence-corrected chi connectivity index (χ2v) is 4.34. The Morgan fingerprint density at radius 2 is 2.22 bits per heavy atom. The number of pyridine rings is 1. The van der Waals surface area contributed by atoms with Crippen molar-refractivity contribution in [3.05, 3.63) is 24.0 Å². The van der Waals surface area contributed by atoms with Gasteiger partial charge in [0, 0.05) is 12.6 Å². The fraction of sp³-hybridized carbons (Fsp3) is 0.538. The van der Waals surface area contributed by atoms with E-state index in [9.17, 15) is 4.79 Å². The number of carbonyl (C=O) groups excluding carboxylic acids is 1. The van der Waals surface area contributed by atoms with Gasteiger partial charge < -0.3 is 15.4 Å². The van der Waals surface area contributed by atoms with Crippen LogP contribution < -0.4 is 15.4 Å². The molecule has 0 radical (unpaired) electrons. The summed E-state index contributed by atoms with van der Waals surface area (Å²) in [5, 5.41) is 5.84. The first-order chi connectivity index (χ1) is 8.61. The van der Waals surface area contributed by atoms with Gasteiger partial charge in [-0.15, -0.1) is 0 Å². The van der Waals surface area contributed by atoms with Crippen LogP contribution in [0, 0.1) is 0 Å². The van der Waals surface area contributed by atoms with Gasteiger partial charge in [0.2, 0.25) is 5.91 Å². The predicted octanol–water partition coefficient (Wildman–Crippen LogP) is 1.09. The van der Waals surface area contributed by atoms with Crippen LogP contribution in [0.2, 0.25) is 0 Å². The Kier molecular flexibility index (Phi) is 6.14. The minimum atomic E-state index is 0.00441. The van der Waals surface area contributed by atoms with Crippen molar-refractivity contribution in [3.8, 4) is 5.75 Å². The molecule has 0 unspecified atom stereocenters. The van der Waals surface area contributed by atoms with E-state index >= 15 is 0 Å². The summed E-state index contributed by atoms with van der Waals surface area (Å²) in [7, 11) is 1.87. The van der Waals surface area contributed by atoms with E-state index in [0.29, 0.717) is 18.8 Å². The van der Waals surface area contributed by atoms with E-state index < -0.39 is 0 Å². The van der Waals surface area contributed by atoms with Crippen LogP contribution in [0.5, 0.6) is 5.75 Å². The van der Waals surface area contributed by atoms with Crippen molar-refractivity contribution in [1.29, 1.82) is 0 Å². The number of nitrogens with one attached hydrogen (secondary N) is 2. The number of nitrogens with zero attached hydrogens (tertiary/aromatic N) is 1. The first kappa shape index (κ1) is 14.4. The van der Waals surface area contributed by atoms with E-state index in [1.165, 1.54) is 0 Å². The molecule has 0 saturated heterocycles. The molecule has 0 aliphatic carbocycles. The molecule has 5 heteroatoms. The largest absolute Gasteiger partial charge is 0.491 e. The van der Waals surface area contributed by atoms with Crippen LogP contribution in [-0.2, 0) is 11.3 Å². The number of rotatable bonds is 7. The van der Waals surface area contributed by atoms with Crippen LogP contribution in [0.15, 0.2) is 18.3 Å². The molecule has 18 heavy (non-hydrogen) atoms. The van der Waals surface area contributed by atoms with Gasteiger partial charge in [0.25, 0.3) is 0 Å². The summed E-state index contributed by atoms with van der Waals surface area (Å²) in [6.45, 7) is 4.97. The van der Waals surface area contributed by atoms with Crippen molar-refractivity contribution in [2.24, 2.45) is 0 Å². The summed E-state index contributed by atoms with van der Waals surface area (Å²) in [6, 6.07) is 3.93. The third-order valence-electron chi connectivity index (χ3n) is 2.20. The normalized spacial score (nSPS) is 10.4. The Hall–Kier alpha value is -1.62. The zero-order chi connectivity index (χ0) is 13.4. The van der Waals surface area contributed by atoms with Crippen molar-refractivity contribution in [1.82, 2.24) is 15.6 Å². The summed E-state index contributed by atoms with van der Waals surface area (Å²) in [4.78, 5) is 15.6. The van der Waals surface area contributed by atoms with Gasteiger partial charge in [-0.1, -0.05) is 0 Å². The van der Waals surface area contributed by atoms with Crippen LogP contribution >= 0.6 is 0 Å². The maximum atomic E-state index is 11.4. The molecule has 0 bridgehead atoms. The summed E-state index contributed by atoms with van der Waals surface area (Å²) >= 11 is 0. The van der Waals surface area contributed by atoms with Crippen LogP contribution in [0.1, 0.15) is 26.0 Å². The van der Waals surface area contributed by atoms with Gasteiger partial charge in [0.15, 0.2) is 0 Å². The van der Waals surface area contributed by atoms with E-state index in [0.717, 1.165) is 12.2 Å². The topological polar surface area (TPSA) is 63.2 Å². The number of hydrogen-bond donors (Lipinski definition) is 2. The lowest BCUT2D eigenvalue weighted by atomic mass is 10.3. The SMILES string of the molecule is CNCc1ccc(OCCC(=O)NC(C)C)cn1. The lowest BCUT2D eigenvalue weighted by Gasteiger charge is -2.09. The molecular weight excluding hydrogens is 230 g/mol. The van der Waals surface area contributed by atoms with Gasteiger partial charge >= 0.3 is 0 Å². The summed E-state index contributed by atoms with van der Waals surface area (Å²) in [5.74, 6) is 0.692. The standard InChI is InChI=1S/C13H21N3O2/c1-10(2)16-13(17)6-7-18-12-5-4-11(8-14-3)15-9-12/h4-5,9-10,14H,6-8H2,1-3H3,(H,16,17).